The van der Waals surface area contributed by atoms with E-state index in [2.05, 4.69) is 0 Å². The molecular formula is C8H7ClF6N2. The first-order chi connectivity index (χ1) is 7.14. The molecule has 0 aromatic heterocycles. The molecule has 0 aliphatic heterocycles. The van der Waals surface area contributed by atoms with Crippen molar-refractivity contribution in [2.24, 2.45) is 5.84 Å². The monoisotopic (exact) mass is 280 g/mol. The van der Waals surface area contributed by atoms with Crippen molar-refractivity contribution in [2.45, 2.75) is 12.4 Å². The van der Waals surface area contributed by atoms with Crippen LogP contribution in [0.15, 0.2) is 18.2 Å². The molecule has 9 heteroatoms. The maximum absolute atomic E-state index is 12.2. The molecule has 98 valence electrons. The topological polar surface area (TPSA) is 38.0 Å². The molecule has 0 radical (unpaired) electrons. The first-order valence-electron chi connectivity index (χ1n) is 3.90. The Kier molecular flexibility index (Phi) is 4.67. The summed E-state index contributed by atoms with van der Waals surface area (Å²) >= 11 is 0. The second kappa shape index (κ2) is 5.01. The van der Waals surface area contributed by atoms with Crippen LogP contribution >= 0.6 is 12.4 Å². The van der Waals surface area contributed by atoms with Crippen LogP contribution in [0.2, 0.25) is 0 Å². The van der Waals surface area contributed by atoms with E-state index >= 15 is 0 Å². The fraction of sp³-hybridized carbons (Fsp3) is 0.250. The number of halogens is 7. The molecule has 0 unspecified atom stereocenters. The molecule has 1 rings (SSSR count). The van der Waals surface area contributed by atoms with Crippen molar-refractivity contribution in [3.8, 4) is 0 Å². The molecule has 0 spiro atoms. The summed E-state index contributed by atoms with van der Waals surface area (Å²) in [6, 6.07) is 1.02. The number of alkyl halides is 6. The molecule has 0 saturated heterocycles. The lowest BCUT2D eigenvalue weighted by atomic mass is 10.1. The van der Waals surface area contributed by atoms with Crippen LogP contribution in [0.25, 0.3) is 0 Å². The summed E-state index contributed by atoms with van der Waals surface area (Å²) in [7, 11) is 0. The standard InChI is InChI=1S/C8H6F6N2.ClH/c9-7(10,11)4-1-5(8(12,13)14)3-6(2-4)16-15;/h1-3,16H,15H2;1H. The van der Waals surface area contributed by atoms with Gasteiger partial charge in [0.25, 0.3) is 0 Å². The Balaban J connectivity index is 0.00000256. The predicted molar refractivity (Wildman–Crippen MR) is 51.5 cm³/mol. The second-order valence-electron chi connectivity index (χ2n) is 2.94. The molecule has 0 aliphatic rings. The van der Waals surface area contributed by atoms with Gasteiger partial charge in [-0.15, -0.1) is 12.4 Å². The predicted octanol–water partition coefficient (Wildman–Crippen LogP) is 3.43. The molecule has 17 heavy (non-hydrogen) atoms. The van der Waals surface area contributed by atoms with Crippen LogP contribution in [0, 0.1) is 0 Å². The summed E-state index contributed by atoms with van der Waals surface area (Å²) in [6.07, 6.45) is -9.71. The van der Waals surface area contributed by atoms with Crippen molar-refractivity contribution in [3.05, 3.63) is 29.3 Å². The SMILES string of the molecule is Cl.NNc1cc(C(F)(F)F)cc(C(F)(F)F)c1. The Morgan fingerprint density at radius 2 is 1.18 bits per heavy atom. The van der Waals surface area contributed by atoms with Gasteiger partial charge in [0, 0.05) is 5.69 Å². The number of nitrogens with two attached hydrogens (primary N) is 1. The maximum Gasteiger partial charge on any atom is 0.416 e. The normalized spacial score (nSPS) is 11.9. The van der Waals surface area contributed by atoms with Crippen molar-refractivity contribution in [1.82, 2.24) is 0 Å². The number of nitrogen functional groups attached to an aromatic ring is 1. The van der Waals surface area contributed by atoms with Crippen LogP contribution < -0.4 is 11.3 Å². The third-order valence-electron chi connectivity index (χ3n) is 1.75. The molecule has 0 bridgehead atoms. The third-order valence-corrected chi connectivity index (χ3v) is 1.75. The first kappa shape index (κ1) is 15.9. The average molecular weight is 281 g/mol. The lowest BCUT2D eigenvalue weighted by molar-refractivity contribution is -0.143. The second-order valence-corrected chi connectivity index (χ2v) is 2.94. The van der Waals surface area contributed by atoms with Gasteiger partial charge >= 0.3 is 12.4 Å². The highest BCUT2D eigenvalue weighted by Gasteiger charge is 2.36. The molecule has 2 nitrogen and oxygen atoms in total. The number of benzene rings is 1. The van der Waals surface area contributed by atoms with E-state index in [9.17, 15) is 26.3 Å². The molecule has 0 fully saturated rings. The van der Waals surface area contributed by atoms with Crippen molar-refractivity contribution in [1.29, 1.82) is 0 Å². The Labute approximate surface area is 98.2 Å². The lowest BCUT2D eigenvalue weighted by Crippen LogP contribution is -2.14. The van der Waals surface area contributed by atoms with Gasteiger partial charge < -0.3 is 5.43 Å². The summed E-state index contributed by atoms with van der Waals surface area (Å²) < 4.78 is 73.4. The Morgan fingerprint density at radius 3 is 1.41 bits per heavy atom. The molecule has 0 aliphatic carbocycles. The average Bonchev–Trinajstić information content (AvgIpc) is 2.14. The molecule has 1 aromatic rings. The largest absolute Gasteiger partial charge is 0.416 e. The Hall–Kier alpha value is -1.15. The fourth-order valence-corrected chi connectivity index (χ4v) is 1.04. The van der Waals surface area contributed by atoms with E-state index in [4.69, 9.17) is 5.84 Å². The smallest absolute Gasteiger partial charge is 0.324 e. The lowest BCUT2D eigenvalue weighted by Gasteiger charge is -2.13. The van der Waals surface area contributed by atoms with E-state index in [0.717, 1.165) is 0 Å². The molecule has 0 saturated carbocycles. The number of anilines is 1. The van der Waals surface area contributed by atoms with E-state index in [0.29, 0.717) is 12.1 Å². The van der Waals surface area contributed by atoms with E-state index in [1.54, 1.807) is 5.43 Å². The Bertz CT molecular complexity index is 354. The summed E-state index contributed by atoms with van der Waals surface area (Å²) in [5.41, 5.74) is -1.52. The van der Waals surface area contributed by atoms with Crippen LogP contribution in [0.1, 0.15) is 11.1 Å². The van der Waals surface area contributed by atoms with Crippen LogP contribution in [0.5, 0.6) is 0 Å². The molecule has 0 amide bonds. The van der Waals surface area contributed by atoms with Crippen molar-refractivity contribution in [3.63, 3.8) is 0 Å². The highest BCUT2D eigenvalue weighted by atomic mass is 35.5. The quantitative estimate of drug-likeness (QED) is 0.470. The maximum atomic E-state index is 12.2. The minimum absolute atomic E-state index is 0. The van der Waals surface area contributed by atoms with Gasteiger partial charge in [-0.25, -0.2) is 0 Å². The zero-order chi connectivity index (χ0) is 12.6. The van der Waals surface area contributed by atoms with E-state index in [-0.39, 0.29) is 18.5 Å². The number of hydrazine groups is 1. The van der Waals surface area contributed by atoms with Gasteiger partial charge in [0.2, 0.25) is 0 Å². The van der Waals surface area contributed by atoms with Crippen LogP contribution in [-0.2, 0) is 12.4 Å². The van der Waals surface area contributed by atoms with E-state index in [1.165, 1.54) is 0 Å². The molecular weight excluding hydrogens is 274 g/mol. The van der Waals surface area contributed by atoms with Crippen molar-refractivity contribution >= 4 is 18.1 Å². The zero-order valence-corrected chi connectivity index (χ0v) is 8.80. The molecule has 0 heterocycles. The van der Waals surface area contributed by atoms with Gasteiger partial charge in [0.05, 0.1) is 11.1 Å². The van der Waals surface area contributed by atoms with E-state index in [1.807, 2.05) is 0 Å². The number of nitrogens with one attached hydrogen (secondary N) is 1. The van der Waals surface area contributed by atoms with Gasteiger partial charge in [-0.2, -0.15) is 26.3 Å². The van der Waals surface area contributed by atoms with Crippen molar-refractivity contribution < 1.29 is 26.3 Å². The number of hydrogen-bond donors (Lipinski definition) is 2. The van der Waals surface area contributed by atoms with Gasteiger partial charge in [-0.1, -0.05) is 0 Å². The molecule has 1 aromatic carbocycles. The summed E-state index contributed by atoms with van der Waals surface area (Å²) in [5, 5.41) is 0. The summed E-state index contributed by atoms with van der Waals surface area (Å²) in [6.45, 7) is 0. The minimum atomic E-state index is -4.85. The third kappa shape index (κ3) is 3.97. The highest BCUT2D eigenvalue weighted by molar-refractivity contribution is 5.85. The number of rotatable bonds is 1. The number of hydrogen-bond acceptors (Lipinski definition) is 2. The Morgan fingerprint density at radius 1 is 0.824 bits per heavy atom. The highest BCUT2D eigenvalue weighted by Crippen LogP contribution is 2.37. The van der Waals surface area contributed by atoms with Crippen molar-refractivity contribution in [2.75, 3.05) is 5.43 Å². The summed E-state index contributed by atoms with van der Waals surface area (Å²) in [4.78, 5) is 0. The first-order valence-corrected chi connectivity index (χ1v) is 3.90. The van der Waals surface area contributed by atoms with Gasteiger partial charge in [-0.3, -0.25) is 5.84 Å². The van der Waals surface area contributed by atoms with Gasteiger partial charge in [0.1, 0.15) is 0 Å². The zero-order valence-electron chi connectivity index (χ0n) is 7.99. The fourth-order valence-electron chi connectivity index (χ4n) is 1.04. The van der Waals surface area contributed by atoms with E-state index < -0.39 is 29.2 Å². The van der Waals surface area contributed by atoms with Crippen LogP contribution in [-0.4, -0.2) is 0 Å². The van der Waals surface area contributed by atoms with Gasteiger partial charge in [-0.05, 0) is 18.2 Å². The van der Waals surface area contributed by atoms with Crippen LogP contribution in [0.4, 0.5) is 32.0 Å². The molecule has 3 N–H and O–H groups in total. The van der Waals surface area contributed by atoms with Crippen LogP contribution in [0.3, 0.4) is 0 Å². The van der Waals surface area contributed by atoms with Gasteiger partial charge in [0.15, 0.2) is 0 Å². The molecule has 0 atom stereocenters. The summed E-state index contributed by atoms with van der Waals surface area (Å²) in [5.74, 6) is 4.79. The minimum Gasteiger partial charge on any atom is -0.324 e.